The third kappa shape index (κ3) is 3.22. The maximum Gasteiger partial charge on any atom is 0.372 e. The van der Waals surface area contributed by atoms with Gasteiger partial charge in [0.05, 0.1) is 0 Å². The molecule has 0 heterocycles. The maximum absolute atomic E-state index is 8.63. The van der Waals surface area contributed by atoms with Crippen LogP contribution < -0.4 is 0 Å². The minimum absolute atomic E-state index is 0.116. The molecule has 2 heteroatoms. The largest absolute Gasteiger partial charge is 0.399 e. The summed E-state index contributed by atoms with van der Waals surface area (Å²) in [6, 6.07) is 0. The molecule has 0 atom stereocenters. The topological polar surface area (TPSA) is 20.2 Å². The van der Waals surface area contributed by atoms with Gasteiger partial charge in [-0.25, -0.2) is 0 Å². The van der Waals surface area contributed by atoms with E-state index in [2.05, 4.69) is 0 Å². The van der Waals surface area contributed by atoms with Crippen LogP contribution in [-0.2, 0) is 0 Å². The van der Waals surface area contributed by atoms with E-state index in [1.807, 2.05) is 0 Å². The van der Waals surface area contributed by atoms with E-state index >= 15 is 0 Å². The van der Waals surface area contributed by atoms with Crippen LogP contribution in [0.1, 0.15) is 32.1 Å². The first-order valence-electron chi connectivity index (χ1n) is 4.54. The molecule has 0 amide bonds. The molecule has 0 unspecified atom stereocenters. The van der Waals surface area contributed by atoms with E-state index in [4.69, 9.17) is 5.11 Å². The van der Waals surface area contributed by atoms with Gasteiger partial charge in [-0.2, -0.15) is 0 Å². The van der Waals surface area contributed by atoms with Crippen LogP contribution >= 0.6 is 0 Å². The molecular formula is C8H16MgO. The Bertz CT molecular complexity index is 79.3. The molecule has 1 nitrogen and oxygen atoms in total. The van der Waals surface area contributed by atoms with Crippen molar-refractivity contribution in [2.75, 3.05) is 6.61 Å². The molecule has 1 aliphatic carbocycles. The summed E-state index contributed by atoms with van der Waals surface area (Å²) in [7, 11) is 0. The van der Waals surface area contributed by atoms with Crippen LogP contribution in [-0.4, -0.2) is 32.1 Å². The zero-order valence-corrected chi connectivity index (χ0v) is 8.10. The summed E-state index contributed by atoms with van der Waals surface area (Å²) in [6.07, 6.45) is 7.34. The van der Waals surface area contributed by atoms with Gasteiger partial charge in [-0.05, 0) is 0 Å². The van der Waals surface area contributed by atoms with Crippen molar-refractivity contribution in [3.05, 3.63) is 0 Å². The average Bonchev–Trinajstić information content (AvgIpc) is 2.03. The van der Waals surface area contributed by atoms with Gasteiger partial charge in [-0.3, -0.25) is 0 Å². The van der Waals surface area contributed by atoms with Crippen molar-refractivity contribution in [3.8, 4) is 0 Å². The van der Waals surface area contributed by atoms with Gasteiger partial charge in [0.1, 0.15) is 0 Å². The number of aliphatic hydroxyl groups is 1. The quantitative estimate of drug-likeness (QED) is 0.612. The third-order valence-electron chi connectivity index (χ3n) is 2.50. The van der Waals surface area contributed by atoms with Gasteiger partial charge >= 0.3 is 20.4 Å². The molecular weight excluding hydrogens is 136 g/mol. The van der Waals surface area contributed by atoms with Gasteiger partial charge in [-0.15, -0.1) is 8.60 Å². The predicted molar refractivity (Wildman–Crippen MR) is 44.5 cm³/mol. The molecule has 0 bridgehead atoms. The Hall–Kier alpha value is 0.726. The summed E-state index contributed by atoms with van der Waals surface area (Å²) in [4.78, 5) is 0. The first-order valence-corrected chi connectivity index (χ1v) is 6.36. The lowest BCUT2D eigenvalue weighted by Crippen LogP contribution is -2.08. The van der Waals surface area contributed by atoms with Gasteiger partial charge in [0.25, 0.3) is 0 Å². The Morgan fingerprint density at radius 2 is 1.90 bits per heavy atom. The molecule has 0 radical (unpaired) electrons. The molecule has 1 N–H and O–H groups in total. The molecule has 0 spiro atoms. The zero-order valence-electron chi connectivity index (χ0n) is 6.68. The summed E-state index contributed by atoms with van der Waals surface area (Å²) in [5, 5.41) is 8.63. The summed E-state index contributed by atoms with van der Waals surface area (Å²) in [5.41, 5.74) is 0. The molecule has 56 valence electrons. The van der Waals surface area contributed by atoms with E-state index in [9.17, 15) is 0 Å². The van der Waals surface area contributed by atoms with Crippen molar-refractivity contribution >= 4 is 20.4 Å². The summed E-state index contributed by atoms with van der Waals surface area (Å²) >= 11 is 0.116. The van der Waals surface area contributed by atoms with Crippen molar-refractivity contribution in [1.82, 2.24) is 0 Å². The fraction of sp³-hybridized carbons (Fsp3) is 1.00. The standard InChI is InChI=1S/C6H11.C2H5O.Mg/c1-2-4-6-5-3-1;1-2-3;/h1H,2-6H2;3H,1-2H2;. The van der Waals surface area contributed by atoms with E-state index in [1.54, 1.807) is 0 Å². The minimum Gasteiger partial charge on any atom is -0.399 e. The fourth-order valence-electron chi connectivity index (χ4n) is 1.86. The molecule has 1 aliphatic rings. The number of aliphatic hydroxyl groups excluding tert-OH is 1. The highest BCUT2D eigenvalue weighted by Gasteiger charge is 2.14. The number of rotatable bonds is 3. The lowest BCUT2D eigenvalue weighted by atomic mass is 10.00. The highest BCUT2D eigenvalue weighted by Crippen LogP contribution is 2.28. The van der Waals surface area contributed by atoms with Gasteiger partial charge in [0, 0.05) is 6.61 Å². The molecule has 1 fully saturated rings. The van der Waals surface area contributed by atoms with Gasteiger partial charge < -0.3 is 5.11 Å². The van der Waals surface area contributed by atoms with Crippen LogP contribution in [0.5, 0.6) is 0 Å². The van der Waals surface area contributed by atoms with Gasteiger partial charge in [0.15, 0.2) is 0 Å². The van der Waals surface area contributed by atoms with Crippen molar-refractivity contribution in [3.63, 3.8) is 0 Å². The average molecular weight is 153 g/mol. The second-order valence-electron chi connectivity index (χ2n) is 3.37. The van der Waals surface area contributed by atoms with Crippen molar-refractivity contribution in [2.45, 2.75) is 40.7 Å². The first kappa shape index (κ1) is 8.82. The van der Waals surface area contributed by atoms with E-state index in [0.717, 1.165) is 8.60 Å². The predicted octanol–water partition coefficient (Wildman–Crippen LogP) is 1.85. The highest BCUT2D eigenvalue weighted by atomic mass is 24.5. The lowest BCUT2D eigenvalue weighted by molar-refractivity contribution is 0.317. The normalized spacial score (nSPS) is 20.5. The van der Waals surface area contributed by atoms with Crippen LogP contribution in [0.25, 0.3) is 0 Å². The Labute approximate surface area is 72.9 Å². The molecule has 0 aromatic rings. The van der Waals surface area contributed by atoms with E-state index in [-0.39, 0.29) is 20.4 Å². The minimum atomic E-state index is 0.116. The van der Waals surface area contributed by atoms with Gasteiger partial charge in [0.2, 0.25) is 0 Å². The first-order chi connectivity index (χ1) is 4.93. The maximum atomic E-state index is 8.63. The van der Waals surface area contributed by atoms with Crippen molar-refractivity contribution < 1.29 is 5.11 Å². The summed E-state index contributed by atoms with van der Waals surface area (Å²) < 4.78 is 2.24. The van der Waals surface area contributed by atoms with E-state index in [1.165, 1.54) is 32.1 Å². The Kier molecular flexibility index (Phi) is 4.75. The highest BCUT2D eigenvalue weighted by molar-refractivity contribution is 6.37. The van der Waals surface area contributed by atoms with Crippen LogP contribution in [0.3, 0.4) is 0 Å². The van der Waals surface area contributed by atoms with Gasteiger partial charge in [-0.1, -0.05) is 32.1 Å². The van der Waals surface area contributed by atoms with Crippen LogP contribution in [0, 0.1) is 0 Å². The molecule has 0 saturated heterocycles. The molecule has 10 heavy (non-hydrogen) atoms. The third-order valence-corrected chi connectivity index (χ3v) is 4.85. The molecule has 1 rings (SSSR count). The van der Waals surface area contributed by atoms with E-state index in [0.29, 0.717) is 6.61 Å². The molecule has 0 aromatic heterocycles. The smallest absolute Gasteiger partial charge is 0.372 e. The molecule has 1 saturated carbocycles. The van der Waals surface area contributed by atoms with Crippen LogP contribution in [0.2, 0.25) is 8.60 Å². The second kappa shape index (κ2) is 5.39. The van der Waals surface area contributed by atoms with E-state index < -0.39 is 0 Å². The number of hydrogen-bond acceptors (Lipinski definition) is 1. The van der Waals surface area contributed by atoms with Crippen molar-refractivity contribution in [1.29, 1.82) is 0 Å². The Balaban J connectivity index is 2.02. The summed E-state index contributed by atoms with van der Waals surface area (Å²) in [6.45, 7) is 0.447. The Morgan fingerprint density at radius 3 is 2.50 bits per heavy atom. The monoisotopic (exact) mass is 152 g/mol. The second-order valence-corrected chi connectivity index (χ2v) is 5.81. The van der Waals surface area contributed by atoms with Crippen LogP contribution in [0.15, 0.2) is 0 Å². The molecule has 0 aliphatic heterocycles. The van der Waals surface area contributed by atoms with Crippen LogP contribution in [0.4, 0.5) is 0 Å². The summed E-state index contributed by atoms with van der Waals surface area (Å²) in [5.74, 6) is 0. The Morgan fingerprint density at radius 1 is 1.20 bits per heavy atom. The number of hydrogen-bond donors (Lipinski definition) is 1. The lowest BCUT2D eigenvalue weighted by Gasteiger charge is -2.20. The SMILES string of the molecule is OC[CH2][Mg][CH]1CCCCC1. The van der Waals surface area contributed by atoms with Crippen molar-refractivity contribution in [2.24, 2.45) is 0 Å². The zero-order chi connectivity index (χ0) is 7.23. The fourth-order valence-corrected chi connectivity index (χ4v) is 3.77. The molecule has 0 aromatic carbocycles.